The predicted molar refractivity (Wildman–Crippen MR) is 126 cm³/mol. The van der Waals surface area contributed by atoms with Gasteiger partial charge in [0.15, 0.2) is 6.79 Å². The van der Waals surface area contributed by atoms with Crippen LogP contribution in [0.15, 0.2) is 72.8 Å². The van der Waals surface area contributed by atoms with Crippen LogP contribution in [0.4, 0.5) is 0 Å². The molecule has 1 unspecified atom stereocenters. The minimum atomic E-state index is -0.731. The molecule has 0 amide bonds. The molecule has 0 N–H and O–H groups in total. The van der Waals surface area contributed by atoms with Gasteiger partial charge in [0.2, 0.25) is 0 Å². The van der Waals surface area contributed by atoms with Gasteiger partial charge in [0, 0.05) is 23.1 Å². The molecule has 0 aliphatic heterocycles. The van der Waals surface area contributed by atoms with Crippen molar-refractivity contribution in [3.63, 3.8) is 0 Å². The monoisotopic (exact) mass is 408 g/mol. The number of methoxy groups -OCH3 is 1. The van der Waals surface area contributed by atoms with E-state index in [2.05, 4.69) is 107 Å². The lowest BCUT2D eigenvalue weighted by molar-refractivity contribution is 0.0506. The van der Waals surface area contributed by atoms with Crippen molar-refractivity contribution < 1.29 is 9.47 Å². The minimum Gasteiger partial charge on any atom is -0.467 e. The molecule has 0 spiro atoms. The molecule has 1 aliphatic rings. The number of hydrogen-bond acceptors (Lipinski definition) is 2. The molecule has 29 heavy (non-hydrogen) atoms. The highest BCUT2D eigenvalue weighted by Gasteiger charge is 2.42. The van der Waals surface area contributed by atoms with Gasteiger partial charge in [-0.05, 0) is 24.6 Å². The first-order chi connectivity index (χ1) is 13.8. The Balaban J connectivity index is 2.30. The Morgan fingerprint density at radius 2 is 1.59 bits per heavy atom. The molecule has 2 aromatic rings. The second-order valence-corrected chi connectivity index (χ2v) is 11.3. The van der Waals surface area contributed by atoms with Crippen molar-refractivity contribution in [2.45, 2.75) is 45.2 Å². The van der Waals surface area contributed by atoms with Crippen molar-refractivity contribution >= 4 is 18.5 Å². The van der Waals surface area contributed by atoms with Gasteiger partial charge in [-0.15, -0.1) is 0 Å². The van der Waals surface area contributed by atoms with Crippen LogP contribution in [0.2, 0.25) is 0 Å². The van der Waals surface area contributed by atoms with Crippen LogP contribution in [0.5, 0.6) is 5.75 Å². The molecule has 0 heterocycles. The van der Waals surface area contributed by atoms with Gasteiger partial charge in [-0.25, -0.2) is 0 Å². The highest BCUT2D eigenvalue weighted by molar-refractivity contribution is 7.75. The van der Waals surface area contributed by atoms with Crippen LogP contribution in [0.1, 0.15) is 40.2 Å². The third-order valence-corrected chi connectivity index (χ3v) is 8.77. The zero-order valence-corrected chi connectivity index (χ0v) is 19.4. The lowest BCUT2D eigenvalue weighted by atomic mass is 9.86. The van der Waals surface area contributed by atoms with E-state index in [1.165, 1.54) is 16.2 Å². The highest BCUT2D eigenvalue weighted by atomic mass is 31.1. The number of para-hydroxylation sites is 1. The van der Waals surface area contributed by atoms with Crippen LogP contribution in [0.3, 0.4) is 0 Å². The van der Waals surface area contributed by atoms with Crippen LogP contribution in [-0.4, -0.2) is 19.1 Å². The van der Waals surface area contributed by atoms with E-state index in [0.717, 1.165) is 5.75 Å². The standard InChI is InChI=1S/C26H33O2P/c1-20(2)26(17-10-11-18-26)29(21-13-8-7-9-14-21)23-16-12-15-22(25(3,4)5)24(23)28-19-27-6/h7-18,20H,19H2,1-6H3. The summed E-state index contributed by atoms with van der Waals surface area (Å²) in [6.07, 6.45) is 9.17. The lowest BCUT2D eigenvalue weighted by Crippen LogP contribution is -2.36. The summed E-state index contributed by atoms with van der Waals surface area (Å²) in [4.78, 5) is 0. The maximum Gasteiger partial charge on any atom is 0.188 e. The fourth-order valence-electron chi connectivity index (χ4n) is 3.98. The second kappa shape index (κ2) is 8.86. The largest absolute Gasteiger partial charge is 0.467 e. The van der Waals surface area contributed by atoms with Gasteiger partial charge in [-0.1, -0.05) is 107 Å². The molecule has 1 aliphatic carbocycles. The molecule has 3 heteroatoms. The molecule has 0 radical (unpaired) electrons. The zero-order valence-electron chi connectivity index (χ0n) is 18.5. The molecule has 0 bridgehead atoms. The summed E-state index contributed by atoms with van der Waals surface area (Å²) in [6, 6.07) is 17.5. The van der Waals surface area contributed by atoms with Gasteiger partial charge in [-0.3, -0.25) is 0 Å². The molecule has 2 nitrogen and oxygen atoms in total. The summed E-state index contributed by atoms with van der Waals surface area (Å²) >= 11 is 0. The van der Waals surface area contributed by atoms with Gasteiger partial charge in [0.05, 0.1) is 0 Å². The van der Waals surface area contributed by atoms with Crippen LogP contribution in [0.25, 0.3) is 0 Å². The Morgan fingerprint density at radius 3 is 2.14 bits per heavy atom. The molecule has 0 saturated heterocycles. The fraction of sp³-hybridized carbons (Fsp3) is 0.385. The summed E-state index contributed by atoms with van der Waals surface area (Å²) in [5, 5.41) is 2.60. The van der Waals surface area contributed by atoms with E-state index in [1.807, 2.05) is 0 Å². The number of rotatable bonds is 7. The van der Waals surface area contributed by atoms with Crippen molar-refractivity contribution in [1.82, 2.24) is 0 Å². The van der Waals surface area contributed by atoms with Crippen LogP contribution in [-0.2, 0) is 10.2 Å². The normalized spacial score (nSPS) is 16.4. The first-order valence-electron chi connectivity index (χ1n) is 10.3. The molecule has 2 aromatic carbocycles. The maximum absolute atomic E-state index is 6.28. The molecule has 1 atom stereocenters. The van der Waals surface area contributed by atoms with Gasteiger partial charge in [-0.2, -0.15) is 0 Å². The molecule has 0 fully saturated rings. The van der Waals surface area contributed by atoms with E-state index in [9.17, 15) is 0 Å². The number of benzene rings is 2. The van der Waals surface area contributed by atoms with Crippen molar-refractivity contribution in [3.8, 4) is 5.75 Å². The van der Waals surface area contributed by atoms with E-state index < -0.39 is 7.92 Å². The Hall–Kier alpha value is -1.89. The van der Waals surface area contributed by atoms with Gasteiger partial charge >= 0.3 is 0 Å². The quantitative estimate of drug-likeness (QED) is 0.418. The fourth-order valence-corrected chi connectivity index (χ4v) is 7.20. The maximum atomic E-state index is 6.28. The van der Waals surface area contributed by atoms with E-state index >= 15 is 0 Å². The van der Waals surface area contributed by atoms with Crippen molar-refractivity contribution in [1.29, 1.82) is 0 Å². The van der Waals surface area contributed by atoms with Crippen LogP contribution >= 0.6 is 7.92 Å². The highest BCUT2D eigenvalue weighted by Crippen LogP contribution is 2.57. The van der Waals surface area contributed by atoms with Gasteiger partial charge in [0.25, 0.3) is 0 Å². The molecule has 154 valence electrons. The minimum absolute atomic E-state index is 0.0247. The summed E-state index contributed by atoms with van der Waals surface area (Å²) in [6.45, 7) is 11.6. The first kappa shape index (κ1) is 21.8. The van der Waals surface area contributed by atoms with Gasteiger partial charge in [0.1, 0.15) is 5.75 Å². The average Bonchev–Trinajstić information content (AvgIpc) is 3.18. The molecule has 3 rings (SSSR count). The van der Waals surface area contributed by atoms with E-state index in [-0.39, 0.29) is 17.4 Å². The van der Waals surface area contributed by atoms with E-state index in [4.69, 9.17) is 9.47 Å². The van der Waals surface area contributed by atoms with Crippen molar-refractivity contribution in [3.05, 3.63) is 78.4 Å². The van der Waals surface area contributed by atoms with Crippen molar-refractivity contribution in [2.75, 3.05) is 13.9 Å². The Bertz CT molecular complexity index is 863. The summed E-state index contributed by atoms with van der Waals surface area (Å²) in [5.41, 5.74) is 1.20. The number of ether oxygens (including phenoxy) is 2. The molecular weight excluding hydrogens is 375 g/mol. The molecule has 0 saturated carbocycles. The third-order valence-electron chi connectivity index (χ3n) is 5.53. The SMILES string of the molecule is COCOc1c(P(c2ccccc2)C2(C(C)C)C=CC=C2)cccc1C(C)(C)C. The third kappa shape index (κ3) is 4.34. The Kier molecular flexibility index (Phi) is 6.66. The summed E-state index contributed by atoms with van der Waals surface area (Å²) in [5.74, 6) is 1.43. The summed E-state index contributed by atoms with van der Waals surface area (Å²) < 4.78 is 11.6. The van der Waals surface area contributed by atoms with E-state index in [0.29, 0.717) is 5.92 Å². The summed E-state index contributed by atoms with van der Waals surface area (Å²) in [7, 11) is 0.947. The molecular formula is C26H33O2P. The Labute approximate surface area is 177 Å². The van der Waals surface area contributed by atoms with Crippen molar-refractivity contribution in [2.24, 2.45) is 5.92 Å². The lowest BCUT2D eigenvalue weighted by Gasteiger charge is -2.40. The van der Waals surface area contributed by atoms with Gasteiger partial charge < -0.3 is 9.47 Å². The van der Waals surface area contributed by atoms with Crippen LogP contribution in [0, 0.1) is 5.92 Å². The average molecular weight is 409 g/mol. The van der Waals surface area contributed by atoms with Crippen LogP contribution < -0.4 is 15.3 Å². The zero-order chi connectivity index (χ0) is 21.1. The topological polar surface area (TPSA) is 18.5 Å². The molecule has 0 aromatic heterocycles. The smallest absolute Gasteiger partial charge is 0.188 e. The second-order valence-electron chi connectivity index (χ2n) is 8.89. The Morgan fingerprint density at radius 1 is 0.931 bits per heavy atom. The first-order valence-corrected chi connectivity index (χ1v) is 11.6. The number of hydrogen-bond donors (Lipinski definition) is 0. The predicted octanol–water partition coefficient (Wildman–Crippen LogP) is 5.92. The van der Waals surface area contributed by atoms with E-state index in [1.54, 1.807) is 7.11 Å². The number of allylic oxidation sites excluding steroid dienone is 4.